The predicted octanol–water partition coefficient (Wildman–Crippen LogP) is 2.81. The molecular weight excluding hydrogens is 196 g/mol. The van der Waals surface area contributed by atoms with Crippen molar-refractivity contribution in [3.05, 3.63) is 12.7 Å². The molecule has 0 radical (unpaired) electrons. The third-order valence-corrected chi connectivity index (χ3v) is 4.06. The Hall–Kier alpha value is -0.340. The molecule has 2 nitrogen and oxygen atoms in total. The molecule has 94 valence electrons. The van der Waals surface area contributed by atoms with E-state index in [1.807, 2.05) is 0 Å². The maximum atomic E-state index is 4.01. The molecule has 2 unspecified atom stereocenters. The Morgan fingerprint density at radius 2 is 2.00 bits per heavy atom. The van der Waals surface area contributed by atoms with Crippen molar-refractivity contribution in [1.82, 2.24) is 10.2 Å². The van der Waals surface area contributed by atoms with Gasteiger partial charge in [0.25, 0.3) is 0 Å². The predicted molar refractivity (Wildman–Crippen MR) is 71.8 cm³/mol. The molecule has 1 aliphatic heterocycles. The van der Waals surface area contributed by atoms with Gasteiger partial charge >= 0.3 is 0 Å². The van der Waals surface area contributed by atoms with Crippen molar-refractivity contribution < 1.29 is 0 Å². The Morgan fingerprint density at radius 1 is 1.38 bits per heavy atom. The molecular formula is C14H28N2. The Kier molecular flexibility index (Phi) is 5.50. The van der Waals surface area contributed by atoms with E-state index >= 15 is 0 Å². The maximum absolute atomic E-state index is 4.01. The Balaban J connectivity index is 2.69. The van der Waals surface area contributed by atoms with Crippen molar-refractivity contribution in [3.63, 3.8) is 0 Å². The lowest BCUT2D eigenvalue weighted by atomic mass is 9.87. The van der Waals surface area contributed by atoms with E-state index < -0.39 is 0 Å². The molecule has 0 saturated carbocycles. The molecule has 0 aromatic rings. The number of nitrogens with zero attached hydrogens (tertiary/aromatic N) is 1. The van der Waals surface area contributed by atoms with E-state index in [1.165, 1.54) is 38.8 Å². The van der Waals surface area contributed by atoms with Gasteiger partial charge in [0.1, 0.15) is 0 Å². The molecule has 2 atom stereocenters. The first-order valence-corrected chi connectivity index (χ1v) is 6.80. The number of nitrogens with one attached hydrogen (secondary N) is 1. The van der Waals surface area contributed by atoms with Gasteiger partial charge in [0.15, 0.2) is 0 Å². The lowest BCUT2D eigenvalue weighted by Gasteiger charge is -2.43. The summed E-state index contributed by atoms with van der Waals surface area (Å²) in [6, 6.07) is 0.413. The van der Waals surface area contributed by atoms with Crippen LogP contribution in [0.25, 0.3) is 0 Å². The SMILES string of the molecule is C=CC(NCCC)C(C)(CC)N1CCCC1. The van der Waals surface area contributed by atoms with Crippen LogP contribution >= 0.6 is 0 Å². The van der Waals surface area contributed by atoms with Gasteiger partial charge in [-0.25, -0.2) is 0 Å². The molecule has 1 heterocycles. The minimum Gasteiger partial charge on any atom is -0.309 e. The van der Waals surface area contributed by atoms with Gasteiger partial charge < -0.3 is 5.32 Å². The Labute approximate surface area is 101 Å². The van der Waals surface area contributed by atoms with Gasteiger partial charge in [-0.05, 0) is 52.2 Å². The molecule has 1 aliphatic rings. The molecule has 0 spiro atoms. The van der Waals surface area contributed by atoms with E-state index in [2.05, 4.69) is 43.6 Å². The monoisotopic (exact) mass is 224 g/mol. The number of hydrogen-bond acceptors (Lipinski definition) is 2. The van der Waals surface area contributed by atoms with Crippen LogP contribution in [0.2, 0.25) is 0 Å². The zero-order chi connectivity index (χ0) is 12.0. The van der Waals surface area contributed by atoms with Crippen molar-refractivity contribution in [2.45, 2.75) is 58.0 Å². The highest BCUT2D eigenvalue weighted by atomic mass is 15.2. The quantitative estimate of drug-likeness (QED) is 0.669. The summed E-state index contributed by atoms with van der Waals surface area (Å²) in [5.74, 6) is 0. The second-order valence-corrected chi connectivity index (χ2v) is 5.07. The summed E-state index contributed by atoms with van der Waals surface area (Å²) in [5, 5.41) is 3.63. The third-order valence-electron chi connectivity index (χ3n) is 4.06. The average molecular weight is 224 g/mol. The molecule has 1 rings (SSSR count). The summed E-state index contributed by atoms with van der Waals surface area (Å²) in [6.07, 6.45) is 7.17. The summed E-state index contributed by atoms with van der Waals surface area (Å²) in [6.45, 7) is 14.5. The van der Waals surface area contributed by atoms with Crippen LogP contribution in [0.15, 0.2) is 12.7 Å². The molecule has 0 aromatic carbocycles. The normalized spacial score (nSPS) is 22.9. The first kappa shape index (κ1) is 13.7. The minimum absolute atomic E-state index is 0.243. The highest BCUT2D eigenvalue weighted by Gasteiger charge is 2.37. The lowest BCUT2D eigenvalue weighted by Crippen LogP contribution is -2.57. The van der Waals surface area contributed by atoms with Crippen LogP contribution in [-0.2, 0) is 0 Å². The standard InChI is InChI=1S/C14H28N2/c1-5-10-15-13(6-2)14(4,7-3)16-11-8-9-12-16/h6,13,15H,2,5,7-12H2,1,3-4H3. The molecule has 16 heavy (non-hydrogen) atoms. The fraction of sp³-hybridized carbons (Fsp3) is 0.857. The van der Waals surface area contributed by atoms with Gasteiger partial charge in [-0.15, -0.1) is 6.58 Å². The van der Waals surface area contributed by atoms with E-state index in [4.69, 9.17) is 0 Å². The summed E-state index contributed by atoms with van der Waals surface area (Å²) in [5.41, 5.74) is 0.243. The topological polar surface area (TPSA) is 15.3 Å². The molecule has 1 fully saturated rings. The summed E-state index contributed by atoms with van der Waals surface area (Å²) in [4.78, 5) is 2.64. The fourth-order valence-electron chi connectivity index (χ4n) is 2.73. The molecule has 2 heteroatoms. The Morgan fingerprint density at radius 3 is 2.44 bits per heavy atom. The molecule has 1 N–H and O–H groups in total. The Bertz CT molecular complexity index is 209. The van der Waals surface area contributed by atoms with E-state index in [0.717, 1.165) is 6.54 Å². The van der Waals surface area contributed by atoms with Gasteiger partial charge in [0.05, 0.1) is 0 Å². The first-order valence-electron chi connectivity index (χ1n) is 6.80. The van der Waals surface area contributed by atoms with Crippen molar-refractivity contribution >= 4 is 0 Å². The minimum atomic E-state index is 0.243. The summed E-state index contributed by atoms with van der Waals surface area (Å²) >= 11 is 0. The average Bonchev–Trinajstić information content (AvgIpc) is 2.83. The van der Waals surface area contributed by atoms with Crippen LogP contribution in [0, 0.1) is 0 Å². The summed E-state index contributed by atoms with van der Waals surface area (Å²) in [7, 11) is 0. The van der Waals surface area contributed by atoms with Crippen LogP contribution in [-0.4, -0.2) is 36.1 Å². The second-order valence-electron chi connectivity index (χ2n) is 5.07. The van der Waals surface area contributed by atoms with E-state index in [9.17, 15) is 0 Å². The van der Waals surface area contributed by atoms with Crippen molar-refractivity contribution in [3.8, 4) is 0 Å². The smallest absolute Gasteiger partial charge is 0.0431 e. The maximum Gasteiger partial charge on any atom is 0.0431 e. The van der Waals surface area contributed by atoms with Crippen molar-refractivity contribution in [2.75, 3.05) is 19.6 Å². The van der Waals surface area contributed by atoms with Gasteiger partial charge in [-0.1, -0.05) is 19.9 Å². The highest BCUT2D eigenvalue weighted by Crippen LogP contribution is 2.28. The van der Waals surface area contributed by atoms with Gasteiger partial charge in [-0.3, -0.25) is 4.90 Å². The van der Waals surface area contributed by atoms with Gasteiger partial charge in [-0.2, -0.15) is 0 Å². The number of rotatable bonds is 7. The number of hydrogen-bond donors (Lipinski definition) is 1. The lowest BCUT2D eigenvalue weighted by molar-refractivity contribution is 0.102. The van der Waals surface area contributed by atoms with Crippen LogP contribution in [0.5, 0.6) is 0 Å². The number of likely N-dealkylation sites (tertiary alicyclic amines) is 1. The van der Waals surface area contributed by atoms with Crippen molar-refractivity contribution in [1.29, 1.82) is 0 Å². The van der Waals surface area contributed by atoms with Crippen LogP contribution < -0.4 is 5.32 Å². The zero-order valence-corrected chi connectivity index (χ0v) is 11.3. The zero-order valence-electron chi connectivity index (χ0n) is 11.3. The molecule has 0 bridgehead atoms. The largest absolute Gasteiger partial charge is 0.309 e. The molecule has 0 aliphatic carbocycles. The second kappa shape index (κ2) is 6.41. The molecule has 0 amide bonds. The van der Waals surface area contributed by atoms with Crippen LogP contribution in [0.1, 0.15) is 46.5 Å². The van der Waals surface area contributed by atoms with E-state index in [0.29, 0.717) is 6.04 Å². The van der Waals surface area contributed by atoms with Crippen molar-refractivity contribution in [2.24, 2.45) is 0 Å². The van der Waals surface area contributed by atoms with Gasteiger partial charge in [0.2, 0.25) is 0 Å². The molecule has 0 aromatic heterocycles. The summed E-state index contributed by atoms with van der Waals surface area (Å²) < 4.78 is 0. The van der Waals surface area contributed by atoms with Crippen LogP contribution in [0.3, 0.4) is 0 Å². The first-order chi connectivity index (χ1) is 7.69. The van der Waals surface area contributed by atoms with Gasteiger partial charge in [0, 0.05) is 11.6 Å². The fourth-order valence-corrected chi connectivity index (χ4v) is 2.73. The molecule has 1 saturated heterocycles. The van der Waals surface area contributed by atoms with E-state index in [-0.39, 0.29) is 5.54 Å². The van der Waals surface area contributed by atoms with E-state index in [1.54, 1.807) is 0 Å². The highest BCUT2D eigenvalue weighted by molar-refractivity contribution is 5.05. The third kappa shape index (κ3) is 2.86. The van der Waals surface area contributed by atoms with Crippen LogP contribution in [0.4, 0.5) is 0 Å².